The van der Waals surface area contributed by atoms with Crippen LogP contribution in [0.2, 0.25) is 5.02 Å². The van der Waals surface area contributed by atoms with Crippen molar-refractivity contribution in [3.8, 4) is 0 Å². The highest BCUT2D eigenvalue weighted by Gasteiger charge is 2.16. The molecule has 1 rings (SSSR count). The van der Waals surface area contributed by atoms with Crippen molar-refractivity contribution in [1.82, 2.24) is 0 Å². The minimum absolute atomic E-state index is 0.0606. The van der Waals surface area contributed by atoms with Crippen molar-refractivity contribution < 1.29 is 4.39 Å². The van der Waals surface area contributed by atoms with Crippen LogP contribution in [0.15, 0.2) is 12.1 Å². The van der Waals surface area contributed by atoms with Crippen molar-refractivity contribution in [2.24, 2.45) is 5.41 Å². The first-order valence-electron chi connectivity index (χ1n) is 5.16. The second-order valence-electron chi connectivity index (χ2n) is 5.24. The highest BCUT2D eigenvalue weighted by Crippen LogP contribution is 2.30. The molecule has 1 aromatic carbocycles. The minimum atomic E-state index is -0.438. The molecule has 0 amide bonds. The van der Waals surface area contributed by atoms with Gasteiger partial charge >= 0.3 is 0 Å². The van der Waals surface area contributed by atoms with E-state index >= 15 is 0 Å². The Balaban J connectivity index is 3.00. The Bertz CT molecular complexity index is 385. The third-order valence-electron chi connectivity index (χ3n) is 2.19. The summed E-state index contributed by atoms with van der Waals surface area (Å²) in [5.74, 6) is -0.438. The third kappa shape index (κ3) is 3.27. The fourth-order valence-electron chi connectivity index (χ4n) is 1.68. The molecule has 0 aromatic heterocycles. The van der Waals surface area contributed by atoms with Gasteiger partial charge in [-0.05, 0) is 11.5 Å². The van der Waals surface area contributed by atoms with Crippen LogP contribution in [0, 0.1) is 11.2 Å². The van der Waals surface area contributed by atoms with Crippen molar-refractivity contribution in [1.29, 1.82) is 0 Å². The number of nitrogens with zero attached hydrogens (tertiary/aromatic N) is 1. The fourth-order valence-corrected chi connectivity index (χ4v) is 1.85. The number of benzene rings is 1. The van der Waals surface area contributed by atoms with Crippen LogP contribution in [0.5, 0.6) is 0 Å². The number of halogens is 2. The van der Waals surface area contributed by atoms with Crippen LogP contribution in [-0.2, 0) is 0 Å². The Labute approximate surface area is 101 Å². The van der Waals surface area contributed by atoms with Crippen molar-refractivity contribution in [2.45, 2.75) is 20.8 Å². The van der Waals surface area contributed by atoms with Gasteiger partial charge in [0.1, 0.15) is 5.82 Å². The Morgan fingerprint density at radius 1 is 1.38 bits per heavy atom. The van der Waals surface area contributed by atoms with E-state index < -0.39 is 5.82 Å². The van der Waals surface area contributed by atoms with E-state index in [2.05, 4.69) is 20.8 Å². The molecule has 2 N–H and O–H groups in total. The van der Waals surface area contributed by atoms with Gasteiger partial charge < -0.3 is 10.6 Å². The molecular formula is C12H18ClFN2. The van der Waals surface area contributed by atoms with Crippen LogP contribution in [0.3, 0.4) is 0 Å². The Morgan fingerprint density at radius 2 is 1.94 bits per heavy atom. The Kier molecular flexibility index (Phi) is 3.68. The summed E-state index contributed by atoms with van der Waals surface area (Å²) in [6.07, 6.45) is 0. The van der Waals surface area contributed by atoms with Gasteiger partial charge in [0.05, 0.1) is 16.4 Å². The zero-order valence-electron chi connectivity index (χ0n) is 10.1. The summed E-state index contributed by atoms with van der Waals surface area (Å²) in [5, 5.41) is 0.0606. The maximum Gasteiger partial charge on any atom is 0.144 e. The highest BCUT2D eigenvalue weighted by atomic mass is 35.5. The predicted molar refractivity (Wildman–Crippen MR) is 68.5 cm³/mol. The molecule has 0 atom stereocenters. The first kappa shape index (κ1) is 13.1. The molecule has 0 unspecified atom stereocenters. The fraction of sp³-hybridized carbons (Fsp3) is 0.500. The number of hydrogen-bond acceptors (Lipinski definition) is 2. The lowest BCUT2D eigenvalue weighted by atomic mass is 9.96. The van der Waals surface area contributed by atoms with Crippen LogP contribution in [-0.4, -0.2) is 13.6 Å². The van der Waals surface area contributed by atoms with E-state index in [1.807, 2.05) is 11.9 Å². The van der Waals surface area contributed by atoms with E-state index in [1.165, 1.54) is 12.1 Å². The second-order valence-corrected chi connectivity index (χ2v) is 5.65. The molecule has 0 aliphatic heterocycles. The predicted octanol–water partition coefficient (Wildman–Crippen LogP) is 3.54. The summed E-state index contributed by atoms with van der Waals surface area (Å²) in [7, 11) is 1.89. The normalized spacial score (nSPS) is 11.6. The number of hydrogen-bond donors (Lipinski definition) is 1. The van der Waals surface area contributed by atoms with Gasteiger partial charge in [0.2, 0.25) is 0 Å². The Hall–Kier alpha value is -0.960. The topological polar surface area (TPSA) is 29.3 Å². The molecule has 2 nitrogen and oxygen atoms in total. The molecule has 0 bridgehead atoms. The first-order chi connectivity index (χ1) is 7.20. The zero-order chi connectivity index (χ0) is 12.5. The molecule has 0 heterocycles. The zero-order valence-corrected chi connectivity index (χ0v) is 10.9. The van der Waals surface area contributed by atoms with Crippen molar-refractivity contribution >= 4 is 23.0 Å². The Morgan fingerprint density at radius 3 is 2.44 bits per heavy atom. The van der Waals surface area contributed by atoms with Gasteiger partial charge in [0.25, 0.3) is 0 Å². The monoisotopic (exact) mass is 244 g/mol. The van der Waals surface area contributed by atoms with Crippen LogP contribution in [0.25, 0.3) is 0 Å². The molecule has 90 valence electrons. The van der Waals surface area contributed by atoms with Gasteiger partial charge in [-0.1, -0.05) is 32.4 Å². The van der Waals surface area contributed by atoms with E-state index in [0.29, 0.717) is 11.4 Å². The van der Waals surface area contributed by atoms with E-state index in [0.717, 1.165) is 6.54 Å². The van der Waals surface area contributed by atoms with E-state index in [9.17, 15) is 4.39 Å². The minimum Gasteiger partial charge on any atom is -0.397 e. The smallest absolute Gasteiger partial charge is 0.144 e. The number of anilines is 2. The molecule has 0 saturated carbocycles. The average Bonchev–Trinajstić information content (AvgIpc) is 2.08. The van der Waals surface area contributed by atoms with Crippen molar-refractivity contribution in [3.05, 3.63) is 23.0 Å². The quantitative estimate of drug-likeness (QED) is 0.807. The first-order valence-corrected chi connectivity index (χ1v) is 5.54. The van der Waals surface area contributed by atoms with Crippen molar-refractivity contribution in [3.63, 3.8) is 0 Å². The summed E-state index contributed by atoms with van der Waals surface area (Å²) in [6, 6.07) is 2.83. The summed E-state index contributed by atoms with van der Waals surface area (Å²) in [5.41, 5.74) is 7.12. The van der Waals surface area contributed by atoms with Crippen LogP contribution >= 0.6 is 11.6 Å². The highest BCUT2D eigenvalue weighted by molar-refractivity contribution is 6.31. The average molecular weight is 245 g/mol. The van der Waals surface area contributed by atoms with Crippen LogP contribution < -0.4 is 10.6 Å². The summed E-state index contributed by atoms with van der Waals surface area (Å²) >= 11 is 5.65. The van der Waals surface area contributed by atoms with Gasteiger partial charge in [-0.25, -0.2) is 4.39 Å². The SMILES string of the molecule is CN(CC(C)(C)C)c1cc(F)c(Cl)cc1N. The molecule has 0 spiro atoms. The lowest BCUT2D eigenvalue weighted by Gasteiger charge is -2.29. The van der Waals surface area contributed by atoms with Crippen LogP contribution in [0.4, 0.5) is 15.8 Å². The molecule has 1 aromatic rings. The van der Waals surface area contributed by atoms with E-state index in [4.69, 9.17) is 17.3 Å². The van der Waals surface area contributed by atoms with Gasteiger partial charge in [0, 0.05) is 19.7 Å². The number of rotatable bonds is 2. The summed E-state index contributed by atoms with van der Waals surface area (Å²) in [4.78, 5) is 1.94. The largest absolute Gasteiger partial charge is 0.397 e. The molecule has 16 heavy (non-hydrogen) atoms. The van der Waals surface area contributed by atoms with E-state index in [1.54, 1.807) is 0 Å². The van der Waals surface area contributed by atoms with Gasteiger partial charge in [-0.2, -0.15) is 0 Å². The summed E-state index contributed by atoms with van der Waals surface area (Å²) < 4.78 is 13.3. The van der Waals surface area contributed by atoms with Crippen LogP contribution in [0.1, 0.15) is 20.8 Å². The maximum atomic E-state index is 13.3. The lowest BCUT2D eigenvalue weighted by molar-refractivity contribution is 0.419. The molecule has 0 saturated heterocycles. The third-order valence-corrected chi connectivity index (χ3v) is 2.48. The number of nitrogens with two attached hydrogens (primary N) is 1. The summed E-state index contributed by atoms with van der Waals surface area (Å²) in [6.45, 7) is 7.14. The van der Waals surface area contributed by atoms with Gasteiger partial charge in [-0.3, -0.25) is 0 Å². The van der Waals surface area contributed by atoms with Crippen molar-refractivity contribution in [2.75, 3.05) is 24.2 Å². The molecular weight excluding hydrogens is 227 g/mol. The standard InChI is InChI=1S/C12H18ClFN2/c1-12(2,3)7-16(4)11-6-9(14)8(13)5-10(11)15/h5-6H,7,15H2,1-4H3. The lowest BCUT2D eigenvalue weighted by Crippen LogP contribution is -2.29. The van der Waals surface area contributed by atoms with E-state index in [-0.39, 0.29) is 10.4 Å². The maximum absolute atomic E-state index is 13.3. The second kappa shape index (κ2) is 4.50. The van der Waals surface area contributed by atoms with Gasteiger partial charge in [-0.15, -0.1) is 0 Å². The number of nitrogen functional groups attached to an aromatic ring is 1. The molecule has 0 radical (unpaired) electrons. The molecule has 0 aliphatic rings. The van der Waals surface area contributed by atoms with Gasteiger partial charge in [0.15, 0.2) is 0 Å². The molecule has 4 heteroatoms. The molecule has 0 fully saturated rings. The molecule has 0 aliphatic carbocycles.